The molecule has 3 aromatic carbocycles. The summed E-state index contributed by atoms with van der Waals surface area (Å²) in [7, 11) is 1.43. The predicted molar refractivity (Wildman–Crippen MR) is 151 cm³/mol. The van der Waals surface area contributed by atoms with Crippen molar-refractivity contribution < 1.29 is 23.8 Å². The van der Waals surface area contributed by atoms with Crippen LogP contribution in [0.15, 0.2) is 64.6 Å². The molecular weight excluding hydrogens is 597 g/mol. The Morgan fingerprint density at radius 1 is 1.00 bits per heavy atom. The number of amides is 2. The molecule has 0 heterocycles. The summed E-state index contributed by atoms with van der Waals surface area (Å²) in [6, 6.07) is 16.6. The molecule has 0 aromatic heterocycles. The lowest BCUT2D eigenvalue weighted by Crippen LogP contribution is -2.20. The number of nitriles is 1. The SMILES string of the molecule is CCOc1ccc(NC(=O)/C(C#N)=C/c2cc(Br)c(OCC(=O)Nc3ccc(Cl)c(Cl)c3)c(OC)c2)cc1. The number of nitrogens with one attached hydrogen (secondary N) is 2. The van der Waals surface area contributed by atoms with Gasteiger partial charge in [-0.25, -0.2) is 0 Å². The van der Waals surface area contributed by atoms with Gasteiger partial charge in [-0.3, -0.25) is 9.59 Å². The summed E-state index contributed by atoms with van der Waals surface area (Å²) in [6.45, 7) is 2.09. The van der Waals surface area contributed by atoms with E-state index in [9.17, 15) is 14.9 Å². The van der Waals surface area contributed by atoms with Crippen LogP contribution in [0.3, 0.4) is 0 Å². The number of hydrogen-bond acceptors (Lipinski definition) is 6. The number of anilines is 2. The van der Waals surface area contributed by atoms with Crippen LogP contribution in [0.25, 0.3) is 6.08 Å². The number of benzene rings is 3. The van der Waals surface area contributed by atoms with Gasteiger partial charge in [0.15, 0.2) is 18.1 Å². The number of ether oxygens (including phenoxy) is 3. The highest BCUT2D eigenvalue weighted by Gasteiger charge is 2.16. The minimum atomic E-state index is -0.578. The fourth-order valence-corrected chi connectivity index (χ4v) is 4.06. The third kappa shape index (κ3) is 7.89. The van der Waals surface area contributed by atoms with Crippen molar-refractivity contribution in [2.75, 3.05) is 31.0 Å². The first kappa shape index (κ1) is 28.9. The first-order chi connectivity index (χ1) is 18.2. The van der Waals surface area contributed by atoms with Crippen molar-refractivity contribution in [2.45, 2.75) is 6.92 Å². The second-order valence-electron chi connectivity index (χ2n) is 7.58. The molecule has 0 bridgehead atoms. The van der Waals surface area contributed by atoms with Gasteiger partial charge in [-0.15, -0.1) is 0 Å². The Labute approximate surface area is 238 Å². The Hall–Kier alpha value is -3.71. The molecule has 0 aliphatic heterocycles. The Bertz CT molecular complexity index is 1410. The highest BCUT2D eigenvalue weighted by atomic mass is 79.9. The highest BCUT2D eigenvalue weighted by Crippen LogP contribution is 2.37. The van der Waals surface area contributed by atoms with Crippen LogP contribution in [0.5, 0.6) is 17.2 Å². The molecule has 38 heavy (non-hydrogen) atoms. The van der Waals surface area contributed by atoms with E-state index in [2.05, 4.69) is 26.6 Å². The van der Waals surface area contributed by atoms with Crippen LogP contribution in [-0.2, 0) is 9.59 Å². The molecule has 0 spiro atoms. The lowest BCUT2D eigenvalue weighted by atomic mass is 10.1. The van der Waals surface area contributed by atoms with E-state index in [4.69, 9.17) is 37.4 Å². The van der Waals surface area contributed by atoms with Gasteiger partial charge in [-0.2, -0.15) is 5.26 Å². The second kappa shape index (κ2) is 13.7. The third-order valence-electron chi connectivity index (χ3n) is 4.90. The summed E-state index contributed by atoms with van der Waals surface area (Å²) >= 11 is 15.3. The molecule has 196 valence electrons. The maximum atomic E-state index is 12.7. The molecule has 0 saturated heterocycles. The van der Waals surface area contributed by atoms with Gasteiger partial charge in [0.25, 0.3) is 11.8 Å². The molecule has 0 unspecified atom stereocenters. The average Bonchev–Trinajstić information content (AvgIpc) is 2.89. The summed E-state index contributed by atoms with van der Waals surface area (Å²) < 4.78 is 16.9. The number of carbonyl (C=O) groups excluding carboxylic acids is 2. The zero-order valence-electron chi connectivity index (χ0n) is 20.3. The van der Waals surface area contributed by atoms with Gasteiger partial charge in [0, 0.05) is 11.4 Å². The van der Waals surface area contributed by atoms with Crippen molar-refractivity contribution in [3.8, 4) is 23.3 Å². The Morgan fingerprint density at radius 2 is 1.71 bits per heavy atom. The quantitative estimate of drug-likeness (QED) is 0.193. The summed E-state index contributed by atoms with van der Waals surface area (Å²) in [4.78, 5) is 25.0. The molecule has 2 amide bonds. The smallest absolute Gasteiger partial charge is 0.266 e. The first-order valence-electron chi connectivity index (χ1n) is 11.1. The molecule has 0 radical (unpaired) electrons. The van der Waals surface area contributed by atoms with E-state index >= 15 is 0 Å². The Morgan fingerprint density at radius 3 is 2.34 bits per heavy atom. The summed E-state index contributed by atoms with van der Waals surface area (Å²) in [6.07, 6.45) is 1.41. The fourth-order valence-electron chi connectivity index (χ4n) is 3.19. The van der Waals surface area contributed by atoms with Crippen LogP contribution in [0.1, 0.15) is 12.5 Å². The minimum absolute atomic E-state index is 0.123. The number of rotatable bonds is 10. The normalized spacial score (nSPS) is 10.8. The monoisotopic (exact) mass is 617 g/mol. The van der Waals surface area contributed by atoms with Crippen LogP contribution < -0.4 is 24.8 Å². The number of nitrogens with zero attached hydrogens (tertiary/aromatic N) is 1. The predicted octanol–water partition coefficient (Wildman–Crippen LogP) is 6.73. The van der Waals surface area contributed by atoms with Crippen LogP contribution in [0.4, 0.5) is 11.4 Å². The van der Waals surface area contributed by atoms with E-state index in [1.54, 1.807) is 48.5 Å². The van der Waals surface area contributed by atoms with Gasteiger partial charge in [0.2, 0.25) is 0 Å². The molecule has 2 N–H and O–H groups in total. The van der Waals surface area contributed by atoms with Gasteiger partial charge in [-0.1, -0.05) is 23.2 Å². The third-order valence-corrected chi connectivity index (χ3v) is 6.23. The lowest BCUT2D eigenvalue weighted by Gasteiger charge is -2.14. The zero-order chi connectivity index (χ0) is 27.7. The molecule has 3 aromatic rings. The molecule has 8 nitrogen and oxygen atoms in total. The van der Waals surface area contributed by atoms with Gasteiger partial charge >= 0.3 is 0 Å². The topological polar surface area (TPSA) is 110 Å². The van der Waals surface area contributed by atoms with Crippen molar-refractivity contribution in [3.05, 3.63) is 80.3 Å². The Balaban J connectivity index is 1.71. The van der Waals surface area contributed by atoms with Crippen LogP contribution in [-0.4, -0.2) is 32.1 Å². The molecule has 0 aliphatic rings. The van der Waals surface area contributed by atoms with Gasteiger partial charge in [-0.05, 0) is 89.1 Å². The molecule has 0 saturated carbocycles. The van der Waals surface area contributed by atoms with Gasteiger partial charge in [0.1, 0.15) is 17.4 Å². The highest BCUT2D eigenvalue weighted by molar-refractivity contribution is 9.10. The molecular formula is C27H22BrCl2N3O5. The van der Waals surface area contributed by atoms with E-state index < -0.39 is 11.8 Å². The van der Waals surface area contributed by atoms with E-state index in [0.29, 0.717) is 43.8 Å². The fraction of sp³-hybridized carbons (Fsp3) is 0.148. The number of halogens is 3. The van der Waals surface area contributed by atoms with E-state index in [-0.39, 0.29) is 23.7 Å². The zero-order valence-corrected chi connectivity index (χ0v) is 23.4. The number of hydrogen-bond donors (Lipinski definition) is 2. The molecule has 0 atom stereocenters. The largest absolute Gasteiger partial charge is 0.494 e. The molecule has 3 rings (SSSR count). The first-order valence-corrected chi connectivity index (χ1v) is 12.7. The van der Waals surface area contributed by atoms with Gasteiger partial charge in [0.05, 0.1) is 28.2 Å². The second-order valence-corrected chi connectivity index (χ2v) is 9.25. The van der Waals surface area contributed by atoms with Crippen molar-refractivity contribution in [2.24, 2.45) is 0 Å². The van der Waals surface area contributed by atoms with E-state index in [1.165, 1.54) is 19.3 Å². The standard InChI is InChI=1S/C27H22BrCl2N3O5/c1-3-37-20-7-4-18(5-8-20)33-27(35)17(14-31)10-16-11-21(28)26(24(12-16)36-2)38-15-25(34)32-19-6-9-22(29)23(30)13-19/h4-13H,3,15H2,1-2H3,(H,32,34)(H,33,35)/b17-10+. The molecule has 0 fully saturated rings. The van der Waals surface area contributed by atoms with Crippen molar-refractivity contribution in [1.29, 1.82) is 5.26 Å². The Kier molecular flexibility index (Phi) is 10.4. The maximum Gasteiger partial charge on any atom is 0.266 e. The van der Waals surface area contributed by atoms with Crippen molar-refractivity contribution >= 4 is 68.4 Å². The summed E-state index contributed by atoms with van der Waals surface area (Å²) in [5.41, 5.74) is 1.36. The maximum absolute atomic E-state index is 12.7. The van der Waals surface area contributed by atoms with Crippen LogP contribution >= 0.6 is 39.1 Å². The van der Waals surface area contributed by atoms with Crippen LogP contribution in [0.2, 0.25) is 10.0 Å². The van der Waals surface area contributed by atoms with E-state index in [0.717, 1.165) is 0 Å². The summed E-state index contributed by atoms with van der Waals surface area (Å²) in [5.74, 6) is 0.223. The number of methoxy groups -OCH3 is 1. The van der Waals surface area contributed by atoms with Crippen molar-refractivity contribution in [3.63, 3.8) is 0 Å². The van der Waals surface area contributed by atoms with Crippen molar-refractivity contribution in [1.82, 2.24) is 0 Å². The van der Waals surface area contributed by atoms with Crippen LogP contribution in [0, 0.1) is 11.3 Å². The number of carbonyl (C=O) groups is 2. The molecule has 11 heteroatoms. The van der Waals surface area contributed by atoms with E-state index in [1.807, 2.05) is 13.0 Å². The molecule has 0 aliphatic carbocycles. The lowest BCUT2D eigenvalue weighted by molar-refractivity contribution is -0.118. The van der Waals surface area contributed by atoms with Gasteiger partial charge < -0.3 is 24.8 Å². The minimum Gasteiger partial charge on any atom is -0.494 e. The average molecular weight is 619 g/mol. The summed E-state index contributed by atoms with van der Waals surface area (Å²) in [5, 5.41) is 15.6.